The van der Waals surface area contributed by atoms with E-state index in [2.05, 4.69) is 5.32 Å². The van der Waals surface area contributed by atoms with Crippen molar-refractivity contribution in [2.24, 2.45) is 0 Å². The summed E-state index contributed by atoms with van der Waals surface area (Å²) in [4.78, 5) is 23.8. The van der Waals surface area contributed by atoms with E-state index in [1.54, 1.807) is 24.3 Å². The molecular weight excluding hydrogens is 379 g/mol. The predicted octanol–water partition coefficient (Wildman–Crippen LogP) is 3.81. The molecule has 1 atom stereocenters. The third kappa shape index (κ3) is 5.66. The van der Waals surface area contributed by atoms with Crippen LogP contribution in [0.1, 0.15) is 12.5 Å². The van der Waals surface area contributed by atoms with Crippen LogP contribution in [0.5, 0.6) is 5.75 Å². The van der Waals surface area contributed by atoms with Gasteiger partial charge >= 0.3 is 5.97 Å². The topological polar surface area (TPSA) is 88.4 Å². The highest BCUT2D eigenvalue weighted by atomic mass is 35.5. The molecule has 6 nitrogen and oxygen atoms in total. The van der Waals surface area contributed by atoms with Crippen molar-refractivity contribution in [1.82, 2.24) is 0 Å². The van der Waals surface area contributed by atoms with Gasteiger partial charge in [0.05, 0.1) is 11.3 Å². The van der Waals surface area contributed by atoms with Gasteiger partial charge in [-0.15, -0.1) is 0 Å². The average molecular weight is 393 g/mol. The van der Waals surface area contributed by atoms with Gasteiger partial charge < -0.3 is 14.8 Å². The van der Waals surface area contributed by atoms with Crippen LogP contribution in [0.15, 0.2) is 42.5 Å². The maximum atomic E-state index is 11.9. The summed E-state index contributed by atoms with van der Waals surface area (Å²) in [6, 6.07) is 12.9. The van der Waals surface area contributed by atoms with Crippen molar-refractivity contribution in [2.45, 2.75) is 13.0 Å². The summed E-state index contributed by atoms with van der Waals surface area (Å²) in [5, 5.41) is 12.4. The Kier molecular flexibility index (Phi) is 6.84. The first-order chi connectivity index (χ1) is 12.4. The average Bonchev–Trinajstić information content (AvgIpc) is 2.61. The molecule has 0 aliphatic rings. The Morgan fingerprint density at radius 1 is 1.15 bits per heavy atom. The van der Waals surface area contributed by atoms with Crippen molar-refractivity contribution < 1.29 is 19.1 Å². The number of nitriles is 1. The normalized spacial score (nSPS) is 11.2. The van der Waals surface area contributed by atoms with Gasteiger partial charge in [0.25, 0.3) is 5.91 Å². The molecule has 0 aromatic heterocycles. The Bertz CT molecular complexity index is 847. The van der Waals surface area contributed by atoms with E-state index in [-0.39, 0.29) is 11.3 Å². The van der Waals surface area contributed by atoms with Crippen molar-refractivity contribution in [1.29, 1.82) is 5.26 Å². The van der Waals surface area contributed by atoms with E-state index >= 15 is 0 Å². The Balaban J connectivity index is 1.86. The second-order valence-corrected chi connectivity index (χ2v) is 6.04. The smallest absolute Gasteiger partial charge is 0.347 e. The second-order valence-electron chi connectivity index (χ2n) is 5.17. The van der Waals surface area contributed by atoms with Crippen molar-refractivity contribution in [3.63, 3.8) is 0 Å². The first-order valence-corrected chi connectivity index (χ1v) is 8.23. The summed E-state index contributed by atoms with van der Waals surface area (Å²) in [7, 11) is 0. The van der Waals surface area contributed by atoms with Gasteiger partial charge in [0, 0.05) is 10.0 Å². The first-order valence-electron chi connectivity index (χ1n) is 7.47. The van der Waals surface area contributed by atoms with Gasteiger partial charge in [-0.2, -0.15) is 5.26 Å². The summed E-state index contributed by atoms with van der Waals surface area (Å²) < 4.78 is 10.3. The molecule has 0 bridgehead atoms. The Hall–Kier alpha value is -2.75. The number of nitrogens with zero attached hydrogens (tertiary/aromatic N) is 1. The molecule has 134 valence electrons. The molecule has 8 heteroatoms. The van der Waals surface area contributed by atoms with E-state index < -0.39 is 24.6 Å². The maximum Gasteiger partial charge on any atom is 0.347 e. The third-order valence-corrected chi connectivity index (χ3v) is 3.67. The van der Waals surface area contributed by atoms with Crippen molar-refractivity contribution in [2.75, 3.05) is 11.9 Å². The summed E-state index contributed by atoms with van der Waals surface area (Å²) in [6.07, 6.45) is -0.912. The second kappa shape index (κ2) is 9.09. The van der Waals surface area contributed by atoms with Crippen molar-refractivity contribution in [3.05, 3.63) is 58.1 Å². The zero-order chi connectivity index (χ0) is 19.1. The van der Waals surface area contributed by atoms with Crippen LogP contribution < -0.4 is 10.1 Å². The lowest BCUT2D eigenvalue weighted by Gasteiger charge is -2.14. The van der Waals surface area contributed by atoms with Crippen LogP contribution in [0, 0.1) is 11.3 Å². The number of benzene rings is 2. The lowest BCUT2D eigenvalue weighted by Crippen LogP contribution is -2.29. The van der Waals surface area contributed by atoms with Crippen LogP contribution in [0.2, 0.25) is 10.0 Å². The Labute approximate surface area is 160 Å². The molecule has 0 aliphatic carbocycles. The van der Waals surface area contributed by atoms with Gasteiger partial charge in [0.15, 0.2) is 12.7 Å². The highest BCUT2D eigenvalue weighted by molar-refractivity contribution is 6.31. The van der Waals surface area contributed by atoms with Gasteiger partial charge in [0.1, 0.15) is 11.8 Å². The molecule has 2 rings (SSSR count). The minimum absolute atomic E-state index is 0.242. The van der Waals surface area contributed by atoms with Gasteiger partial charge in [0.2, 0.25) is 0 Å². The molecule has 0 saturated carbocycles. The molecule has 0 aliphatic heterocycles. The number of carbonyl (C=O) groups is 2. The summed E-state index contributed by atoms with van der Waals surface area (Å²) in [5.41, 5.74) is 0.486. The highest BCUT2D eigenvalue weighted by Crippen LogP contribution is 2.20. The molecule has 0 unspecified atom stereocenters. The van der Waals surface area contributed by atoms with Crippen molar-refractivity contribution >= 4 is 40.8 Å². The zero-order valence-electron chi connectivity index (χ0n) is 13.7. The zero-order valence-corrected chi connectivity index (χ0v) is 15.2. The van der Waals surface area contributed by atoms with Crippen LogP contribution in [-0.2, 0) is 14.3 Å². The number of carbonyl (C=O) groups excluding carboxylic acids is 2. The minimum atomic E-state index is -0.912. The monoisotopic (exact) mass is 392 g/mol. The van der Waals surface area contributed by atoms with E-state index in [1.807, 2.05) is 6.07 Å². The highest BCUT2D eigenvalue weighted by Gasteiger charge is 2.18. The molecular formula is C18H14Cl2N2O4. The molecule has 1 amide bonds. The number of amides is 1. The van der Waals surface area contributed by atoms with Gasteiger partial charge in [-0.3, -0.25) is 4.79 Å². The predicted molar refractivity (Wildman–Crippen MR) is 97.3 cm³/mol. The molecule has 2 aromatic rings. The van der Waals surface area contributed by atoms with E-state index in [9.17, 15) is 9.59 Å². The molecule has 0 spiro atoms. The number of ether oxygens (including phenoxy) is 2. The maximum absolute atomic E-state index is 11.9. The van der Waals surface area contributed by atoms with Gasteiger partial charge in [-0.25, -0.2) is 4.79 Å². The fourth-order valence-electron chi connectivity index (χ4n) is 1.92. The fraction of sp³-hybridized carbons (Fsp3) is 0.167. The lowest BCUT2D eigenvalue weighted by atomic mass is 10.2. The Morgan fingerprint density at radius 2 is 1.81 bits per heavy atom. The molecule has 0 radical (unpaired) electrons. The van der Waals surface area contributed by atoms with E-state index in [1.165, 1.54) is 25.1 Å². The summed E-state index contributed by atoms with van der Waals surface area (Å²) in [5.74, 6) is -0.863. The van der Waals surface area contributed by atoms with Crippen LogP contribution >= 0.6 is 23.2 Å². The summed E-state index contributed by atoms with van der Waals surface area (Å²) in [6.45, 7) is 0.976. The van der Waals surface area contributed by atoms with Crippen LogP contribution in [0.25, 0.3) is 0 Å². The van der Waals surface area contributed by atoms with Gasteiger partial charge in [-0.05, 0) is 49.4 Å². The molecule has 26 heavy (non-hydrogen) atoms. The molecule has 0 heterocycles. The molecule has 2 aromatic carbocycles. The van der Waals surface area contributed by atoms with Crippen LogP contribution in [-0.4, -0.2) is 24.6 Å². The van der Waals surface area contributed by atoms with Crippen molar-refractivity contribution in [3.8, 4) is 11.8 Å². The quantitative estimate of drug-likeness (QED) is 0.754. The van der Waals surface area contributed by atoms with Crippen LogP contribution in [0.4, 0.5) is 5.69 Å². The molecule has 0 saturated heterocycles. The number of anilines is 1. The van der Waals surface area contributed by atoms with E-state index in [0.29, 0.717) is 15.8 Å². The van der Waals surface area contributed by atoms with E-state index in [0.717, 1.165) is 0 Å². The number of halogens is 2. The largest absolute Gasteiger partial charge is 0.479 e. The van der Waals surface area contributed by atoms with Crippen LogP contribution in [0.3, 0.4) is 0 Å². The molecule has 0 fully saturated rings. The first kappa shape index (κ1) is 19.6. The number of esters is 1. The third-order valence-electron chi connectivity index (χ3n) is 3.18. The lowest BCUT2D eigenvalue weighted by molar-refractivity contribution is -0.153. The fourth-order valence-corrected chi connectivity index (χ4v) is 2.22. The Morgan fingerprint density at radius 3 is 2.46 bits per heavy atom. The standard InChI is InChI=1S/C18H14Cl2N2O4/c1-11(26-15-6-4-13(19)5-7-15)18(24)25-10-17(23)22-16-8-14(20)3-2-12(16)9-21/h2-8,11H,10H2,1H3,(H,22,23)/t11-/m0/s1. The number of hydrogen-bond donors (Lipinski definition) is 1. The van der Waals surface area contributed by atoms with Gasteiger partial charge in [-0.1, -0.05) is 23.2 Å². The molecule has 1 N–H and O–H groups in total. The number of hydrogen-bond acceptors (Lipinski definition) is 5. The number of nitrogens with one attached hydrogen (secondary N) is 1. The summed E-state index contributed by atoms with van der Waals surface area (Å²) >= 11 is 11.6. The van der Waals surface area contributed by atoms with E-state index in [4.69, 9.17) is 37.9 Å². The SMILES string of the molecule is C[C@H](Oc1ccc(Cl)cc1)C(=O)OCC(=O)Nc1cc(Cl)ccc1C#N. The number of rotatable bonds is 6. The minimum Gasteiger partial charge on any atom is -0.479 e.